The Morgan fingerprint density at radius 2 is 1.93 bits per heavy atom. The predicted octanol–water partition coefficient (Wildman–Crippen LogP) is 0.942. The van der Waals surface area contributed by atoms with Crippen molar-refractivity contribution in [2.24, 2.45) is 0 Å². The van der Waals surface area contributed by atoms with Crippen molar-refractivity contribution < 1.29 is 24.1 Å². The van der Waals surface area contributed by atoms with E-state index in [0.717, 1.165) is 0 Å². The maximum atomic E-state index is 11.2. The summed E-state index contributed by atoms with van der Waals surface area (Å²) in [6.07, 6.45) is 0. The molecule has 0 saturated heterocycles. The Morgan fingerprint density at radius 3 is 2.50 bits per heavy atom. The second-order valence-electron chi connectivity index (χ2n) is 2.73. The maximum absolute atomic E-state index is 11.2. The molecular formula is C9H8O5. The molecule has 5 nitrogen and oxygen atoms in total. The van der Waals surface area contributed by atoms with E-state index in [0.29, 0.717) is 0 Å². The predicted molar refractivity (Wildman–Crippen MR) is 46.2 cm³/mol. The Hall–Kier alpha value is -1.91. The smallest absolute Gasteiger partial charge is 0.347 e. The third kappa shape index (κ3) is 0.921. The monoisotopic (exact) mass is 196 g/mol. The van der Waals surface area contributed by atoms with Gasteiger partial charge in [-0.15, -0.1) is 0 Å². The average Bonchev–Trinajstić information content (AvgIpc) is 2.51. The number of phenols is 1. The van der Waals surface area contributed by atoms with E-state index in [4.69, 9.17) is 14.2 Å². The summed E-state index contributed by atoms with van der Waals surface area (Å²) in [4.78, 5) is 11.2. The van der Waals surface area contributed by atoms with Gasteiger partial charge in [0, 0.05) is 6.07 Å². The van der Waals surface area contributed by atoms with Crippen LogP contribution in [0.25, 0.3) is 0 Å². The second-order valence-corrected chi connectivity index (χ2v) is 2.73. The van der Waals surface area contributed by atoms with Crippen LogP contribution in [-0.4, -0.2) is 25.3 Å². The lowest BCUT2D eigenvalue weighted by molar-refractivity contribution is 0.0749. The molecular weight excluding hydrogens is 188 g/mol. The molecule has 0 saturated carbocycles. The first-order chi connectivity index (χ1) is 6.69. The number of phenolic OH excluding ortho intramolecular Hbond substituents is 1. The van der Waals surface area contributed by atoms with Crippen LogP contribution in [0, 0.1) is 0 Å². The van der Waals surface area contributed by atoms with E-state index in [1.807, 2.05) is 0 Å². The minimum atomic E-state index is -0.598. The van der Waals surface area contributed by atoms with E-state index in [2.05, 4.69) is 0 Å². The first-order valence-electron chi connectivity index (χ1n) is 3.89. The van der Waals surface area contributed by atoms with Crippen molar-refractivity contribution in [3.63, 3.8) is 0 Å². The molecule has 0 radical (unpaired) electrons. The summed E-state index contributed by atoms with van der Waals surface area (Å²) in [5.41, 5.74) is 0.0950. The van der Waals surface area contributed by atoms with Gasteiger partial charge in [-0.25, -0.2) is 4.79 Å². The van der Waals surface area contributed by atoms with E-state index in [1.165, 1.54) is 20.3 Å². The molecule has 14 heavy (non-hydrogen) atoms. The highest BCUT2D eigenvalue weighted by Crippen LogP contribution is 2.49. The Morgan fingerprint density at radius 1 is 1.29 bits per heavy atom. The number of carbonyl (C=O) groups excluding carboxylic acids is 1. The number of rotatable bonds is 2. The SMILES string of the molecule is COc1c2cc(c(O)c1OC)C(=O)O2. The molecule has 0 unspecified atom stereocenters. The summed E-state index contributed by atoms with van der Waals surface area (Å²) in [5, 5.41) is 9.60. The van der Waals surface area contributed by atoms with Crippen molar-refractivity contribution in [3.05, 3.63) is 11.6 Å². The fourth-order valence-corrected chi connectivity index (χ4v) is 1.38. The zero-order valence-electron chi connectivity index (χ0n) is 7.66. The number of esters is 1. The van der Waals surface area contributed by atoms with Crippen molar-refractivity contribution in [2.75, 3.05) is 14.2 Å². The van der Waals surface area contributed by atoms with Gasteiger partial charge in [0.05, 0.1) is 14.2 Å². The molecule has 0 aliphatic carbocycles. The van der Waals surface area contributed by atoms with E-state index >= 15 is 0 Å². The molecule has 1 N–H and O–H groups in total. The molecule has 1 aliphatic heterocycles. The van der Waals surface area contributed by atoms with Gasteiger partial charge in [-0.3, -0.25) is 0 Å². The number of ether oxygens (including phenoxy) is 3. The van der Waals surface area contributed by atoms with Crippen LogP contribution in [0.5, 0.6) is 23.0 Å². The van der Waals surface area contributed by atoms with Crippen LogP contribution in [0.2, 0.25) is 0 Å². The summed E-state index contributed by atoms with van der Waals surface area (Å²) in [7, 11) is 2.78. The van der Waals surface area contributed by atoms with Gasteiger partial charge in [-0.05, 0) is 0 Å². The number of carbonyl (C=O) groups is 1. The molecule has 0 amide bonds. The number of hydrogen-bond donors (Lipinski definition) is 1. The minimum absolute atomic E-state index is 0.0950. The number of aromatic hydroxyl groups is 1. The van der Waals surface area contributed by atoms with Crippen LogP contribution >= 0.6 is 0 Å². The van der Waals surface area contributed by atoms with Crippen molar-refractivity contribution in [3.8, 4) is 23.0 Å². The third-order valence-electron chi connectivity index (χ3n) is 2.01. The molecule has 0 atom stereocenters. The summed E-state index contributed by atoms with van der Waals surface area (Å²) in [6, 6.07) is 1.42. The summed E-state index contributed by atoms with van der Waals surface area (Å²) >= 11 is 0. The molecule has 1 aromatic carbocycles. The van der Waals surface area contributed by atoms with E-state index < -0.39 is 5.97 Å². The fraction of sp³-hybridized carbons (Fsp3) is 0.222. The molecule has 2 rings (SSSR count). The highest BCUT2D eigenvalue weighted by atomic mass is 16.6. The quantitative estimate of drug-likeness (QED) is 0.713. The Balaban J connectivity index is 2.71. The zero-order chi connectivity index (χ0) is 10.3. The molecule has 2 bridgehead atoms. The topological polar surface area (TPSA) is 65.0 Å². The molecule has 1 heterocycles. The van der Waals surface area contributed by atoms with Gasteiger partial charge in [-0.2, -0.15) is 0 Å². The molecule has 0 fully saturated rings. The molecule has 0 spiro atoms. The lowest BCUT2D eigenvalue weighted by Crippen LogP contribution is -1.99. The van der Waals surface area contributed by atoms with Gasteiger partial charge < -0.3 is 19.3 Å². The number of benzene rings is 1. The molecule has 0 aromatic heterocycles. The molecule has 74 valence electrons. The first kappa shape index (κ1) is 8.68. The summed E-state index contributed by atoms with van der Waals surface area (Å²) in [5.74, 6) is -0.248. The molecule has 1 aromatic rings. The Bertz CT molecular complexity index is 410. The Kier molecular flexibility index (Phi) is 1.73. The lowest BCUT2D eigenvalue weighted by atomic mass is 10.2. The van der Waals surface area contributed by atoms with Crippen molar-refractivity contribution in [1.82, 2.24) is 0 Å². The number of hydrogen-bond acceptors (Lipinski definition) is 5. The second kappa shape index (κ2) is 2.80. The number of fused-ring (bicyclic) bond motifs is 2. The summed E-state index contributed by atoms with van der Waals surface area (Å²) in [6.45, 7) is 0. The van der Waals surface area contributed by atoms with Gasteiger partial charge in [0.1, 0.15) is 5.56 Å². The fourth-order valence-electron chi connectivity index (χ4n) is 1.38. The van der Waals surface area contributed by atoms with Gasteiger partial charge in [0.25, 0.3) is 0 Å². The van der Waals surface area contributed by atoms with Gasteiger partial charge in [0.2, 0.25) is 11.5 Å². The van der Waals surface area contributed by atoms with Crippen molar-refractivity contribution >= 4 is 5.97 Å². The van der Waals surface area contributed by atoms with Crippen LogP contribution in [0.4, 0.5) is 0 Å². The van der Waals surface area contributed by atoms with E-state index in [-0.39, 0.29) is 28.6 Å². The molecule has 1 aliphatic rings. The third-order valence-corrected chi connectivity index (χ3v) is 2.01. The minimum Gasteiger partial charge on any atom is -0.504 e. The van der Waals surface area contributed by atoms with Gasteiger partial charge in [-0.1, -0.05) is 0 Å². The van der Waals surface area contributed by atoms with Crippen LogP contribution in [0.15, 0.2) is 6.07 Å². The van der Waals surface area contributed by atoms with Crippen LogP contribution < -0.4 is 14.2 Å². The van der Waals surface area contributed by atoms with Crippen LogP contribution in [-0.2, 0) is 0 Å². The standard InChI is InChI=1S/C9H8O5/c1-12-7-5-3-4(9(11)14-5)6(10)8(7)13-2/h3,10H,1-2H3. The average molecular weight is 196 g/mol. The van der Waals surface area contributed by atoms with Crippen LogP contribution in [0.1, 0.15) is 10.4 Å². The maximum Gasteiger partial charge on any atom is 0.347 e. The van der Waals surface area contributed by atoms with Gasteiger partial charge in [0.15, 0.2) is 11.5 Å². The number of methoxy groups -OCH3 is 2. The van der Waals surface area contributed by atoms with E-state index in [1.54, 1.807) is 0 Å². The highest BCUT2D eigenvalue weighted by molar-refractivity contribution is 6.00. The summed E-state index contributed by atoms with van der Waals surface area (Å²) < 4.78 is 14.7. The van der Waals surface area contributed by atoms with Crippen molar-refractivity contribution in [2.45, 2.75) is 0 Å². The Labute approximate surface area is 79.8 Å². The van der Waals surface area contributed by atoms with Crippen molar-refractivity contribution in [1.29, 1.82) is 0 Å². The zero-order valence-corrected chi connectivity index (χ0v) is 7.66. The first-order valence-corrected chi connectivity index (χ1v) is 3.89. The normalized spacial score (nSPS) is 12.6. The van der Waals surface area contributed by atoms with Gasteiger partial charge >= 0.3 is 5.97 Å². The highest BCUT2D eigenvalue weighted by Gasteiger charge is 2.31. The van der Waals surface area contributed by atoms with E-state index in [9.17, 15) is 9.90 Å². The largest absolute Gasteiger partial charge is 0.504 e. The van der Waals surface area contributed by atoms with Crippen LogP contribution in [0.3, 0.4) is 0 Å². The molecule has 5 heteroatoms. The lowest BCUT2D eigenvalue weighted by Gasteiger charge is -2.08.